The summed E-state index contributed by atoms with van der Waals surface area (Å²) in [7, 11) is 2.07. The third-order valence-electron chi connectivity index (χ3n) is 2.83. The van der Waals surface area contributed by atoms with Gasteiger partial charge in [0.05, 0.1) is 0 Å². The fraction of sp³-hybridized carbons (Fsp3) is 0.125. The molecule has 17 heavy (non-hydrogen) atoms. The van der Waals surface area contributed by atoms with Crippen LogP contribution in [0.1, 0.15) is 11.1 Å². The van der Waals surface area contributed by atoms with E-state index in [-0.39, 0.29) is 0 Å². The Labute approximate surface area is 103 Å². The molecule has 2 aromatic carbocycles. The van der Waals surface area contributed by atoms with E-state index in [2.05, 4.69) is 54.9 Å². The maximum Gasteiger partial charge on any atom is 0.0426 e. The van der Waals surface area contributed by atoms with Gasteiger partial charge in [0, 0.05) is 19.3 Å². The maximum absolute atomic E-state index is 4.15. The molecule has 0 saturated heterocycles. The first-order chi connectivity index (χ1) is 8.27. The summed E-state index contributed by atoms with van der Waals surface area (Å²) < 4.78 is 0. The fourth-order valence-electron chi connectivity index (χ4n) is 1.80. The molecule has 0 atom stereocenters. The first-order valence-electron chi connectivity index (χ1n) is 5.77. The predicted octanol–water partition coefficient (Wildman–Crippen LogP) is 3.79. The van der Waals surface area contributed by atoms with Crippen LogP contribution in [-0.2, 0) is 6.54 Å². The van der Waals surface area contributed by atoms with E-state index in [9.17, 15) is 0 Å². The van der Waals surface area contributed by atoms with E-state index in [1.165, 1.54) is 11.1 Å². The Morgan fingerprint density at radius 3 is 2.06 bits per heavy atom. The van der Waals surface area contributed by atoms with Crippen LogP contribution in [0.4, 0.5) is 0 Å². The minimum absolute atomic E-state index is 0.883. The van der Waals surface area contributed by atoms with Gasteiger partial charge in [-0.1, -0.05) is 67.2 Å². The Balaban J connectivity index is 2.06. The largest absolute Gasteiger partial charge is 0.370 e. The molecule has 0 bridgehead atoms. The number of rotatable bonds is 4. The Morgan fingerprint density at radius 1 is 0.941 bits per heavy atom. The molecule has 86 valence electrons. The van der Waals surface area contributed by atoms with Crippen LogP contribution >= 0.6 is 0 Å². The van der Waals surface area contributed by atoms with Crippen molar-refractivity contribution in [2.75, 3.05) is 7.05 Å². The quantitative estimate of drug-likeness (QED) is 0.762. The molecule has 1 nitrogen and oxygen atoms in total. The van der Waals surface area contributed by atoms with Gasteiger partial charge >= 0.3 is 0 Å². The summed E-state index contributed by atoms with van der Waals surface area (Å²) in [5, 5.41) is 0. The average molecular weight is 223 g/mol. The van der Waals surface area contributed by atoms with Crippen LogP contribution in [0, 0.1) is 0 Å². The Bertz CT molecular complexity index is 473. The number of hydrogen-bond donors (Lipinski definition) is 0. The van der Waals surface area contributed by atoms with Crippen molar-refractivity contribution in [1.82, 2.24) is 4.90 Å². The third kappa shape index (κ3) is 2.97. The number of hydrogen-bond acceptors (Lipinski definition) is 1. The van der Waals surface area contributed by atoms with Crippen molar-refractivity contribution in [2.45, 2.75) is 6.54 Å². The van der Waals surface area contributed by atoms with Crippen molar-refractivity contribution in [3.8, 4) is 0 Å². The lowest BCUT2D eigenvalue weighted by Gasteiger charge is -2.22. The van der Waals surface area contributed by atoms with Gasteiger partial charge in [-0.25, -0.2) is 0 Å². The second-order valence-corrected chi connectivity index (χ2v) is 4.15. The topological polar surface area (TPSA) is 3.24 Å². The van der Waals surface area contributed by atoms with Gasteiger partial charge in [0.2, 0.25) is 0 Å². The first-order valence-corrected chi connectivity index (χ1v) is 5.77. The van der Waals surface area contributed by atoms with E-state index in [4.69, 9.17) is 0 Å². The summed E-state index contributed by atoms with van der Waals surface area (Å²) in [5.74, 6) is 0. The third-order valence-corrected chi connectivity index (χ3v) is 2.83. The van der Waals surface area contributed by atoms with Crippen molar-refractivity contribution >= 4 is 5.70 Å². The molecule has 0 spiro atoms. The smallest absolute Gasteiger partial charge is 0.0426 e. The van der Waals surface area contributed by atoms with Gasteiger partial charge in [0.15, 0.2) is 0 Å². The lowest BCUT2D eigenvalue weighted by molar-refractivity contribution is 0.476. The van der Waals surface area contributed by atoms with Gasteiger partial charge in [-0.2, -0.15) is 0 Å². The van der Waals surface area contributed by atoms with Crippen molar-refractivity contribution in [2.24, 2.45) is 0 Å². The second-order valence-electron chi connectivity index (χ2n) is 4.15. The highest BCUT2D eigenvalue weighted by atomic mass is 15.1. The molecule has 0 heterocycles. The van der Waals surface area contributed by atoms with Crippen LogP contribution in [0.2, 0.25) is 0 Å². The second kappa shape index (κ2) is 5.35. The molecule has 0 aliphatic carbocycles. The molecule has 0 aliphatic rings. The maximum atomic E-state index is 4.15. The normalized spacial score (nSPS) is 9.94. The lowest BCUT2D eigenvalue weighted by Crippen LogP contribution is -2.15. The zero-order chi connectivity index (χ0) is 12.1. The zero-order valence-corrected chi connectivity index (χ0v) is 10.1. The Morgan fingerprint density at radius 2 is 1.47 bits per heavy atom. The molecule has 2 rings (SSSR count). The van der Waals surface area contributed by atoms with Crippen LogP contribution < -0.4 is 0 Å². The summed E-state index contributed by atoms with van der Waals surface area (Å²) in [6, 6.07) is 20.7. The summed E-state index contributed by atoms with van der Waals surface area (Å²) >= 11 is 0. The Kier molecular flexibility index (Phi) is 3.61. The van der Waals surface area contributed by atoms with Gasteiger partial charge in [-0.15, -0.1) is 0 Å². The molecular formula is C16H17N. The lowest BCUT2D eigenvalue weighted by atomic mass is 10.1. The highest BCUT2D eigenvalue weighted by molar-refractivity contribution is 5.61. The van der Waals surface area contributed by atoms with Gasteiger partial charge in [-0.3, -0.25) is 0 Å². The molecule has 0 amide bonds. The van der Waals surface area contributed by atoms with Gasteiger partial charge in [0.1, 0.15) is 0 Å². The van der Waals surface area contributed by atoms with Crippen molar-refractivity contribution in [1.29, 1.82) is 0 Å². The summed E-state index contributed by atoms with van der Waals surface area (Å²) in [6.45, 7) is 5.03. The van der Waals surface area contributed by atoms with E-state index >= 15 is 0 Å². The van der Waals surface area contributed by atoms with Gasteiger partial charge in [0.25, 0.3) is 0 Å². The monoisotopic (exact) mass is 223 g/mol. The molecule has 2 aromatic rings. The first kappa shape index (κ1) is 11.5. The van der Waals surface area contributed by atoms with Crippen LogP contribution in [0.25, 0.3) is 5.70 Å². The standard InChI is InChI=1S/C16H17N/c1-14(16-11-7-4-8-12-16)17(2)13-15-9-5-3-6-10-15/h3-12H,1,13H2,2H3. The van der Waals surface area contributed by atoms with Crippen LogP contribution in [-0.4, -0.2) is 11.9 Å². The number of nitrogens with zero attached hydrogens (tertiary/aromatic N) is 1. The molecule has 0 N–H and O–H groups in total. The molecule has 0 unspecified atom stereocenters. The van der Waals surface area contributed by atoms with E-state index in [0.717, 1.165) is 12.2 Å². The molecule has 0 aromatic heterocycles. The molecule has 0 fully saturated rings. The van der Waals surface area contributed by atoms with E-state index in [1.54, 1.807) is 0 Å². The zero-order valence-electron chi connectivity index (χ0n) is 10.1. The average Bonchev–Trinajstić information content (AvgIpc) is 2.40. The molecule has 0 saturated carbocycles. The fourth-order valence-corrected chi connectivity index (χ4v) is 1.80. The highest BCUT2D eigenvalue weighted by Crippen LogP contribution is 2.17. The van der Waals surface area contributed by atoms with Crippen LogP contribution in [0.3, 0.4) is 0 Å². The van der Waals surface area contributed by atoms with E-state index < -0.39 is 0 Å². The van der Waals surface area contributed by atoms with Gasteiger partial charge < -0.3 is 4.90 Å². The molecular weight excluding hydrogens is 206 g/mol. The van der Waals surface area contributed by atoms with Crippen LogP contribution in [0.15, 0.2) is 67.2 Å². The van der Waals surface area contributed by atoms with Crippen molar-refractivity contribution in [3.05, 3.63) is 78.4 Å². The Hall–Kier alpha value is -2.02. The highest BCUT2D eigenvalue weighted by Gasteiger charge is 2.04. The van der Waals surface area contributed by atoms with E-state index in [0.29, 0.717) is 0 Å². The minimum Gasteiger partial charge on any atom is -0.370 e. The summed E-state index contributed by atoms with van der Waals surface area (Å²) in [5.41, 5.74) is 3.52. The molecule has 0 radical (unpaired) electrons. The predicted molar refractivity (Wildman–Crippen MR) is 73.4 cm³/mol. The van der Waals surface area contributed by atoms with Crippen molar-refractivity contribution in [3.63, 3.8) is 0 Å². The molecule has 1 heteroatoms. The van der Waals surface area contributed by atoms with Crippen molar-refractivity contribution < 1.29 is 0 Å². The number of benzene rings is 2. The summed E-state index contributed by atoms with van der Waals surface area (Å²) in [4.78, 5) is 2.17. The summed E-state index contributed by atoms with van der Waals surface area (Å²) in [6.07, 6.45) is 0. The van der Waals surface area contributed by atoms with Gasteiger partial charge in [-0.05, 0) is 11.1 Å². The van der Waals surface area contributed by atoms with E-state index in [1.807, 2.05) is 24.3 Å². The minimum atomic E-state index is 0.883. The van der Waals surface area contributed by atoms with Crippen LogP contribution in [0.5, 0.6) is 0 Å². The molecule has 0 aliphatic heterocycles. The SMILES string of the molecule is C=C(c1ccccc1)N(C)Cc1ccccc1.